The summed E-state index contributed by atoms with van der Waals surface area (Å²) in [7, 11) is 0. The molecule has 0 amide bonds. The van der Waals surface area contributed by atoms with Crippen LogP contribution >= 0.6 is 27.7 Å². The molecule has 0 heterocycles. The fourth-order valence-corrected chi connectivity index (χ4v) is 3.57. The number of thioether (sulfide) groups is 1. The third-order valence-corrected chi connectivity index (χ3v) is 5.51. The molecule has 3 rings (SSSR count). The Labute approximate surface area is 109 Å². The molecule has 0 atom stereocenters. The zero-order chi connectivity index (χ0) is 11.2. The van der Waals surface area contributed by atoms with E-state index in [-0.39, 0.29) is 5.60 Å². The number of halogens is 1. The van der Waals surface area contributed by atoms with Gasteiger partial charge in [0.25, 0.3) is 0 Å². The first-order valence-corrected chi connectivity index (χ1v) is 7.49. The largest absolute Gasteiger partial charge is 0.390 e. The second kappa shape index (κ2) is 4.04. The van der Waals surface area contributed by atoms with Gasteiger partial charge >= 0.3 is 0 Å². The van der Waals surface area contributed by atoms with Crippen LogP contribution in [0.15, 0.2) is 27.6 Å². The van der Waals surface area contributed by atoms with Gasteiger partial charge in [0.05, 0.1) is 5.60 Å². The van der Waals surface area contributed by atoms with Crippen LogP contribution in [0.4, 0.5) is 0 Å². The highest BCUT2D eigenvalue weighted by Crippen LogP contribution is 2.43. The van der Waals surface area contributed by atoms with Crippen LogP contribution in [-0.4, -0.2) is 16.0 Å². The van der Waals surface area contributed by atoms with Gasteiger partial charge in [-0.25, -0.2) is 0 Å². The van der Waals surface area contributed by atoms with Gasteiger partial charge in [-0.1, -0.05) is 6.07 Å². The quantitative estimate of drug-likeness (QED) is 0.913. The van der Waals surface area contributed by atoms with E-state index in [1.165, 1.54) is 27.8 Å². The summed E-state index contributed by atoms with van der Waals surface area (Å²) in [4.78, 5) is 1.34. The molecule has 2 aliphatic carbocycles. The Morgan fingerprint density at radius 3 is 2.69 bits per heavy atom. The van der Waals surface area contributed by atoms with Gasteiger partial charge in [0.2, 0.25) is 0 Å². The van der Waals surface area contributed by atoms with E-state index < -0.39 is 0 Å². The van der Waals surface area contributed by atoms with Crippen molar-refractivity contribution in [3.63, 3.8) is 0 Å². The third-order valence-electron chi connectivity index (χ3n) is 3.17. The molecule has 1 aromatic rings. The van der Waals surface area contributed by atoms with Crippen molar-refractivity contribution in [1.29, 1.82) is 0 Å². The Balaban J connectivity index is 1.73. The summed E-state index contributed by atoms with van der Waals surface area (Å²) in [5.41, 5.74) is 0.858. The van der Waals surface area contributed by atoms with Gasteiger partial charge in [0.15, 0.2) is 0 Å². The highest BCUT2D eigenvalue weighted by Gasteiger charge is 2.40. The van der Waals surface area contributed by atoms with Crippen molar-refractivity contribution in [2.75, 3.05) is 0 Å². The standard InChI is InChI=1S/C13H15BrOS/c14-11-7-9(8-13(15)5-6-13)1-4-12(11)16-10-2-3-10/h1,4,7,10,15H,2-3,5-6,8H2. The lowest BCUT2D eigenvalue weighted by Gasteiger charge is -2.10. The molecule has 1 aromatic carbocycles. The van der Waals surface area contributed by atoms with E-state index in [4.69, 9.17) is 0 Å². The predicted octanol–water partition coefficient (Wildman–Crippen LogP) is 3.77. The van der Waals surface area contributed by atoms with Gasteiger partial charge < -0.3 is 5.11 Å². The van der Waals surface area contributed by atoms with Gasteiger partial charge in [-0.05, 0) is 59.3 Å². The molecular formula is C13H15BrOS. The maximum absolute atomic E-state index is 9.88. The van der Waals surface area contributed by atoms with E-state index in [0.29, 0.717) is 0 Å². The Hall–Kier alpha value is 0.01000. The molecule has 0 saturated heterocycles. The monoisotopic (exact) mass is 298 g/mol. The van der Waals surface area contributed by atoms with Gasteiger partial charge in [0, 0.05) is 21.0 Å². The lowest BCUT2D eigenvalue weighted by molar-refractivity contribution is 0.151. The van der Waals surface area contributed by atoms with Crippen molar-refractivity contribution in [2.24, 2.45) is 0 Å². The zero-order valence-electron chi connectivity index (χ0n) is 9.08. The predicted molar refractivity (Wildman–Crippen MR) is 70.9 cm³/mol. The van der Waals surface area contributed by atoms with Gasteiger partial charge in [-0.3, -0.25) is 0 Å². The number of benzene rings is 1. The van der Waals surface area contributed by atoms with Crippen molar-refractivity contribution < 1.29 is 5.11 Å². The molecule has 1 nitrogen and oxygen atoms in total. The number of hydrogen-bond acceptors (Lipinski definition) is 2. The summed E-state index contributed by atoms with van der Waals surface area (Å²) in [5.74, 6) is 0. The zero-order valence-corrected chi connectivity index (χ0v) is 11.5. The van der Waals surface area contributed by atoms with Gasteiger partial charge in [-0.2, -0.15) is 0 Å². The molecule has 0 aromatic heterocycles. The van der Waals surface area contributed by atoms with E-state index in [9.17, 15) is 5.11 Å². The Morgan fingerprint density at radius 2 is 2.12 bits per heavy atom. The average molecular weight is 299 g/mol. The molecule has 0 aliphatic heterocycles. The third kappa shape index (κ3) is 2.63. The molecular weight excluding hydrogens is 284 g/mol. The molecule has 3 heteroatoms. The second-order valence-corrected chi connectivity index (χ2v) is 7.18. The Kier molecular flexibility index (Phi) is 2.81. The maximum atomic E-state index is 9.88. The highest BCUT2D eigenvalue weighted by molar-refractivity contribution is 9.10. The maximum Gasteiger partial charge on any atom is 0.0690 e. The summed E-state index contributed by atoms with van der Waals surface area (Å²) >= 11 is 5.60. The lowest BCUT2D eigenvalue weighted by Crippen LogP contribution is -2.10. The molecule has 1 N–H and O–H groups in total. The van der Waals surface area contributed by atoms with Crippen LogP contribution in [0.25, 0.3) is 0 Å². The van der Waals surface area contributed by atoms with Crippen LogP contribution < -0.4 is 0 Å². The molecule has 2 aliphatic rings. The topological polar surface area (TPSA) is 20.2 Å². The fourth-order valence-electron chi connectivity index (χ4n) is 1.82. The van der Waals surface area contributed by atoms with Crippen LogP contribution in [0.5, 0.6) is 0 Å². The van der Waals surface area contributed by atoms with Crippen molar-refractivity contribution in [1.82, 2.24) is 0 Å². The molecule has 16 heavy (non-hydrogen) atoms. The molecule has 0 spiro atoms. The van der Waals surface area contributed by atoms with Gasteiger partial charge in [-0.15, -0.1) is 11.8 Å². The Morgan fingerprint density at radius 1 is 1.38 bits per heavy atom. The number of hydrogen-bond donors (Lipinski definition) is 1. The first kappa shape index (κ1) is 11.1. The smallest absolute Gasteiger partial charge is 0.0690 e. The molecule has 2 fully saturated rings. The second-order valence-electron chi connectivity index (χ2n) is 4.98. The van der Waals surface area contributed by atoms with Crippen molar-refractivity contribution >= 4 is 27.7 Å². The first-order chi connectivity index (χ1) is 7.65. The lowest BCUT2D eigenvalue weighted by atomic mass is 10.1. The van der Waals surface area contributed by atoms with Crippen LogP contribution in [0.1, 0.15) is 31.2 Å². The minimum Gasteiger partial charge on any atom is -0.390 e. The van der Waals surface area contributed by atoms with Crippen molar-refractivity contribution in [3.05, 3.63) is 28.2 Å². The molecule has 86 valence electrons. The minimum absolute atomic E-state index is 0.384. The minimum atomic E-state index is -0.384. The summed E-state index contributed by atoms with van der Waals surface area (Å²) in [6.45, 7) is 0. The molecule has 0 unspecified atom stereocenters. The Bertz CT molecular complexity index is 410. The van der Waals surface area contributed by atoms with Crippen LogP contribution in [0.2, 0.25) is 0 Å². The normalized spacial score (nSPS) is 22.1. The summed E-state index contributed by atoms with van der Waals surface area (Å²) in [6, 6.07) is 6.51. The highest BCUT2D eigenvalue weighted by atomic mass is 79.9. The summed E-state index contributed by atoms with van der Waals surface area (Å²) in [5, 5.41) is 10.7. The van der Waals surface area contributed by atoms with Crippen LogP contribution in [-0.2, 0) is 6.42 Å². The number of rotatable bonds is 4. The molecule has 0 bridgehead atoms. The van der Waals surface area contributed by atoms with Gasteiger partial charge in [0.1, 0.15) is 0 Å². The first-order valence-electron chi connectivity index (χ1n) is 5.82. The molecule has 2 saturated carbocycles. The number of aliphatic hydroxyl groups is 1. The van der Waals surface area contributed by atoms with E-state index in [2.05, 4.69) is 34.1 Å². The fraction of sp³-hybridized carbons (Fsp3) is 0.538. The molecule has 0 radical (unpaired) electrons. The van der Waals surface area contributed by atoms with Crippen molar-refractivity contribution in [2.45, 2.75) is 47.9 Å². The van der Waals surface area contributed by atoms with E-state index in [1.807, 2.05) is 11.8 Å². The SMILES string of the molecule is OC1(Cc2ccc(SC3CC3)c(Br)c2)CC1. The summed E-state index contributed by atoms with van der Waals surface area (Å²) in [6.07, 6.45) is 5.45. The average Bonchev–Trinajstić information content (AvgIpc) is 3.11. The van der Waals surface area contributed by atoms with E-state index in [1.54, 1.807) is 0 Å². The van der Waals surface area contributed by atoms with Crippen LogP contribution in [0, 0.1) is 0 Å². The van der Waals surface area contributed by atoms with Crippen LogP contribution in [0.3, 0.4) is 0 Å². The summed E-state index contributed by atoms with van der Waals surface area (Å²) < 4.78 is 1.19. The van der Waals surface area contributed by atoms with E-state index >= 15 is 0 Å². The van der Waals surface area contributed by atoms with Crippen molar-refractivity contribution in [3.8, 4) is 0 Å². The van der Waals surface area contributed by atoms with E-state index in [0.717, 1.165) is 24.5 Å².